The highest BCUT2D eigenvalue weighted by molar-refractivity contribution is 14.0. The minimum absolute atomic E-state index is 0. The second-order valence-electron chi connectivity index (χ2n) is 7.23. The fraction of sp³-hybridized carbons (Fsp3) is 0.455. The molecule has 0 radical (unpaired) electrons. The lowest BCUT2D eigenvalue weighted by Crippen LogP contribution is -2.44. The molecule has 0 bridgehead atoms. The van der Waals surface area contributed by atoms with Crippen molar-refractivity contribution in [3.63, 3.8) is 0 Å². The van der Waals surface area contributed by atoms with Gasteiger partial charge in [-0.3, -0.25) is 9.98 Å². The summed E-state index contributed by atoms with van der Waals surface area (Å²) in [4.78, 5) is 10.9. The molecule has 1 aliphatic heterocycles. The molecule has 1 aromatic carbocycles. The topological polar surface area (TPSA) is 61.8 Å². The Morgan fingerprint density at radius 3 is 2.87 bits per heavy atom. The molecule has 1 aliphatic rings. The van der Waals surface area contributed by atoms with E-state index < -0.39 is 6.61 Å². The van der Waals surface area contributed by atoms with Gasteiger partial charge in [0.1, 0.15) is 5.75 Å². The molecule has 3 rings (SSSR count). The maximum atomic E-state index is 12.7. The maximum Gasteiger partial charge on any atom is 0.387 e. The van der Waals surface area contributed by atoms with E-state index in [0.29, 0.717) is 18.8 Å². The first-order valence-electron chi connectivity index (χ1n) is 10.3. The van der Waals surface area contributed by atoms with Crippen LogP contribution in [0.15, 0.2) is 47.7 Å². The van der Waals surface area contributed by atoms with E-state index in [1.165, 1.54) is 11.1 Å². The highest BCUT2D eigenvalue weighted by Gasteiger charge is 2.26. The highest BCUT2D eigenvalue weighted by atomic mass is 127. The molecule has 2 N–H and O–H groups in total. The van der Waals surface area contributed by atoms with Crippen molar-refractivity contribution in [3.8, 4) is 5.75 Å². The summed E-state index contributed by atoms with van der Waals surface area (Å²) in [6.07, 6.45) is 5.40. The van der Waals surface area contributed by atoms with Crippen molar-refractivity contribution in [3.05, 3.63) is 53.9 Å². The molecule has 1 unspecified atom stereocenters. The molecule has 9 heteroatoms. The number of aliphatic imine (C=N–C) groups is 1. The fourth-order valence-electron chi connectivity index (χ4n) is 3.60. The van der Waals surface area contributed by atoms with E-state index >= 15 is 0 Å². The summed E-state index contributed by atoms with van der Waals surface area (Å²) in [5.74, 6) is 0.981. The lowest BCUT2D eigenvalue weighted by atomic mass is 10.1. The number of hydrogen-bond donors (Lipinski definition) is 2. The summed E-state index contributed by atoms with van der Waals surface area (Å²) in [7, 11) is 0. The van der Waals surface area contributed by atoms with E-state index in [1.54, 1.807) is 18.3 Å². The normalized spacial score (nSPS) is 16.2. The van der Waals surface area contributed by atoms with Gasteiger partial charge in [-0.05, 0) is 56.0 Å². The van der Waals surface area contributed by atoms with Crippen molar-refractivity contribution in [2.24, 2.45) is 4.99 Å². The van der Waals surface area contributed by atoms with E-state index in [4.69, 9.17) is 4.99 Å². The van der Waals surface area contributed by atoms with Gasteiger partial charge in [-0.1, -0.05) is 12.1 Å². The zero-order valence-electron chi connectivity index (χ0n) is 17.9. The number of nitrogens with one attached hydrogen (secondary N) is 2. The van der Waals surface area contributed by atoms with Gasteiger partial charge in [-0.2, -0.15) is 8.78 Å². The van der Waals surface area contributed by atoms with Crippen LogP contribution in [0.2, 0.25) is 0 Å². The molecule has 2 aromatic rings. The number of pyridine rings is 1. The van der Waals surface area contributed by atoms with Gasteiger partial charge in [-0.25, -0.2) is 0 Å². The lowest BCUT2D eigenvalue weighted by Gasteiger charge is -2.22. The van der Waals surface area contributed by atoms with Gasteiger partial charge < -0.3 is 20.3 Å². The molecule has 0 saturated carbocycles. The van der Waals surface area contributed by atoms with Crippen molar-refractivity contribution in [2.45, 2.75) is 39.3 Å². The Morgan fingerprint density at radius 1 is 1.32 bits per heavy atom. The number of anilines is 1. The largest absolute Gasteiger partial charge is 0.433 e. The Kier molecular flexibility index (Phi) is 10.2. The molecule has 170 valence electrons. The Balaban J connectivity index is 0.00000341. The summed E-state index contributed by atoms with van der Waals surface area (Å²) in [6.45, 7) is 4.14. The summed E-state index contributed by atoms with van der Waals surface area (Å²) in [6, 6.07) is 9.13. The Morgan fingerprint density at radius 2 is 2.13 bits per heavy atom. The van der Waals surface area contributed by atoms with Crippen molar-refractivity contribution >= 4 is 35.6 Å². The van der Waals surface area contributed by atoms with Crippen LogP contribution in [-0.4, -0.2) is 49.8 Å². The number of benzene rings is 1. The number of aromatic nitrogens is 1. The lowest BCUT2D eigenvalue weighted by molar-refractivity contribution is -0.0495. The molecule has 1 saturated heterocycles. The number of ether oxygens (including phenoxy) is 1. The van der Waals surface area contributed by atoms with Gasteiger partial charge in [-0.15, -0.1) is 24.0 Å². The molecule has 0 aliphatic carbocycles. The number of guanidine groups is 1. The predicted molar refractivity (Wildman–Crippen MR) is 131 cm³/mol. The number of nitrogens with zero attached hydrogens (tertiary/aromatic N) is 3. The highest BCUT2D eigenvalue weighted by Crippen LogP contribution is 2.31. The Labute approximate surface area is 199 Å². The van der Waals surface area contributed by atoms with E-state index in [-0.39, 0.29) is 35.8 Å². The standard InChI is InChI=1S/C22H29F2N5O.HI/c1-3-26-22(27-12-9-17-8-11-25-14-16(17)2)28-18-10-13-29(15-18)19-6-4-5-7-20(19)30-21(23)24;/h4-8,11,14,18,21H,3,9-10,12-13,15H2,1-2H3,(H2,26,27,28);1H. The molecule has 2 heterocycles. The first-order chi connectivity index (χ1) is 14.6. The molecular weight excluding hydrogens is 515 g/mol. The van der Waals surface area contributed by atoms with Crippen LogP contribution in [0.25, 0.3) is 0 Å². The monoisotopic (exact) mass is 545 g/mol. The average Bonchev–Trinajstić information content (AvgIpc) is 3.18. The van der Waals surface area contributed by atoms with Gasteiger partial charge in [0.25, 0.3) is 0 Å². The van der Waals surface area contributed by atoms with Crippen molar-refractivity contribution < 1.29 is 13.5 Å². The molecule has 31 heavy (non-hydrogen) atoms. The molecule has 1 fully saturated rings. The average molecular weight is 545 g/mol. The molecule has 1 aromatic heterocycles. The van der Waals surface area contributed by atoms with Crippen molar-refractivity contribution in [2.75, 3.05) is 31.1 Å². The van der Waals surface area contributed by atoms with Crippen LogP contribution in [0, 0.1) is 6.92 Å². The van der Waals surface area contributed by atoms with Gasteiger partial charge >= 0.3 is 6.61 Å². The smallest absolute Gasteiger partial charge is 0.387 e. The second-order valence-corrected chi connectivity index (χ2v) is 7.23. The number of rotatable bonds is 8. The summed E-state index contributed by atoms with van der Waals surface area (Å²) < 4.78 is 30.1. The fourth-order valence-corrected chi connectivity index (χ4v) is 3.60. The molecular formula is C22H30F2IN5O. The summed E-state index contributed by atoms with van der Waals surface area (Å²) >= 11 is 0. The Bertz CT molecular complexity index is 852. The van der Waals surface area contributed by atoms with E-state index in [9.17, 15) is 8.78 Å². The van der Waals surface area contributed by atoms with Crippen LogP contribution in [0.4, 0.5) is 14.5 Å². The molecule has 1 atom stereocenters. The third kappa shape index (κ3) is 7.48. The zero-order valence-corrected chi connectivity index (χ0v) is 20.2. The number of halogens is 3. The van der Waals surface area contributed by atoms with Gasteiger partial charge in [0.15, 0.2) is 5.96 Å². The molecule has 0 amide bonds. The minimum Gasteiger partial charge on any atom is -0.433 e. The summed E-state index contributed by atoms with van der Waals surface area (Å²) in [5.41, 5.74) is 3.10. The van der Waals surface area contributed by atoms with Crippen LogP contribution in [0.5, 0.6) is 5.75 Å². The van der Waals surface area contributed by atoms with Crippen LogP contribution < -0.4 is 20.3 Å². The van der Waals surface area contributed by atoms with Gasteiger partial charge in [0.05, 0.1) is 5.69 Å². The zero-order chi connectivity index (χ0) is 21.3. The van der Waals surface area contributed by atoms with Gasteiger partial charge in [0, 0.05) is 44.6 Å². The van der Waals surface area contributed by atoms with E-state index in [0.717, 1.165) is 31.9 Å². The SMILES string of the molecule is CCNC(=NCCc1ccncc1C)NC1CCN(c2ccccc2OC(F)F)C1.I. The number of hydrogen-bond acceptors (Lipinski definition) is 4. The second kappa shape index (κ2) is 12.6. The van der Waals surface area contributed by atoms with Crippen molar-refractivity contribution in [1.29, 1.82) is 0 Å². The van der Waals surface area contributed by atoms with E-state index in [1.807, 2.05) is 31.3 Å². The van der Waals surface area contributed by atoms with Crippen LogP contribution in [0.3, 0.4) is 0 Å². The number of alkyl halides is 2. The Hall–Kier alpha value is -2.17. The van der Waals surface area contributed by atoms with Gasteiger partial charge in [0.2, 0.25) is 0 Å². The first-order valence-corrected chi connectivity index (χ1v) is 10.3. The summed E-state index contributed by atoms with van der Waals surface area (Å²) in [5, 5.41) is 6.76. The van der Waals surface area contributed by atoms with Crippen LogP contribution in [-0.2, 0) is 6.42 Å². The quantitative estimate of drug-likeness (QED) is 0.299. The van der Waals surface area contributed by atoms with Crippen LogP contribution >= 0.6 is 24.0 Å². The first kappa shape index (κ1) is 25.1. The minimum atomic E-state index is -2.83. The molecule has 0 spiro atoms. The van der Waals surface area contributed by atoms with Crippen LogP contribution in [0.1, 0.15) is 24.5 Å². The maximum absolute atomic E-state index is 12.7. The van der Waals surface area contributed by atoms with Crippen molar-refractivity contribution in [1.82, 2.24) is 15.6 Å². The van der Waals surface area contributed by atoms with E-state index in [2.05, 4.69) is 32.2 Å². The molecule has 6 nitrogen and oxygen atoms in total. The third-order valence-electron chi connectivity index (χ3n) is 5.08. The number of para-hydroxylation sites is 2. The number of aryl methyl sites for hydroxylation is 1. The third-order valence-corrected chi connectivity index (χ3v) is 5.08. The predicted octanol–water partition coefficient (Wildman–Crippen LogP) is 3.99.